The Hall–Kier alpha value is -1.79. The van der Waals surface area contributed by atoms with Crippen LogP contribution in [0, 0.1) is 0 Å². The molecule has 98 valence electrons. The number of halogens is 1. The lowest BCUT2D eigenvalue weighted by molar-refractivity contribution is 0.109. The van der Waals surface area contributed by atoms with Gasteiger partial charge in [0.15, 0.2) is 5.82 Å². The molecule has 1 aliphatic heterocycles. The topological polar surface area (TPSA) is 70.0 Å². The van der Waals surface area contributed by atoms with E-state index in [2.05, 4.69) is 20.2 Å². The smallest absolute Gasteiger partial charge is 0.233 e. The van der Waals surface area contributed by atoms with Crippen LogP contribution in [-0.2, 0) is 17.8 Å². The molecule has 3 rings (SSSR count). The van der Waals surface area contributed by atoms with E-state index in [1.54, 1.807) is 12.1 Å². The van der Waals surface area contributed by atoms with Crippen LogP contribution in [0.1, 0.15) is 11.3 Å². The van der Waals surface area contributed by atoms with Gasteiger partial charge in [-0.15, -0.1) is 10.2 Å². The van der Waals surface area contributed by atoms with Crippen LogP contribution in [-0.4, -0.2) is 33.9 Å². The molecule has 0 radical (unpaired) electrons. The molecule has 2 aromatic heterocycles. The monoisotopic (exact) mass is 278 g/mol. The fraction of sp³-hybridized carbons (Fsp3) is 0.333. The maximum atomic E-state index is 6.15. The summed E-state index contributed by atoms with van der Waals surface area (Å²) in [5.74, 6) is 0.919. The summed E-state index contributed by atoms with van der Waals surface area (Å²) in [6.07, 6.45) is 0.730. The van der Waals surface area contributed by atoms with Crippen molar-refractivity contribution in [3.05, 3.63) is 28.5 Å². The van der Waals surface area contributed by atoms with Gasteiger partial charge in [-0.25, -0.2) is 9.97 Å². The van der Waals surface area contributed by atoms with Crippen molar-refractivity contribution in [2.24, 2.45) is 0 Å². The maximum Gasteiger partial charge on any atom is 0.233 e. The molecule has 0 N–H and O–H groups in total. The molecule has 7 heteroatoms. The van der Waals surface area contributed by atoms with Gasteiger partial charge in [0, 0.05) is 18.1 Å². The first kappa shape index (κ1) is 12.3. The van der Waals surface area contributed by atoms with Gasteiger partial charge in [-0.05, 0) is 6.07 Å². The van der Waals surface area contributed by atoms with Crippen molar-refractivity contribution in [1.29, 1.82) is 0 Å². The van der Waals surface area contributed by atoms with Crippen LogP contribution in [0.25, 0.3) is 11.5 Å². The molecule has 0 spiro atoms. The molecule has 0 atom stereocenters. The number of nitrogens with zero attached hydrogens (tertiary/aromatic N) is 4. The van der Waals surface area contributed by atoms with Crippen molar-refractivity contribution in [3.8, 4) is 17.4 Å². The van der Waals surface area contributed by atoms with Crippen LogP contribution >= 0.6 is 11.6 Å². The molecule has 0 aromatic carbocycles. The second kappa shape index (κ2) is 5.07. The van der Waals surface area contributed by atoms with Crippen LogP contribution in [0.2, 0.25) is 5.15 Å². The molecular formula is C12H11ClN4O2. The van der Waals surface area contributed by atoms with Crippen LogP contribution in [0.4, 0.5) is 0 Å². The number of hydrogen-bond donors (Lipinski definition) is 0. The van der Waals surface area contributed by atoms with Gasteiger partial charge < -0.3 is 9.47 Å². The third-order valence-electron chi connectivity index (χ3n) is 2.85. The van der Waals surface area contributed by atoms with E-state index in [1.807, 2.05) is 0 Å². The highest BCUT2D eigenvalue weighted by Crippen LogP contribution is 2.25. The molecule has 19 heavy (non-hydrogen) atoms. The lowest BCUT2D eigenvalue weighted by atomic mass is 10.1. The van der Waals surface area contributed by atoms with E-state index in [9.17, 15) is 0 Å². The summed E-state index contributed by atoms with van der Waals surface area (Å²) in [4.78, 5) is 8.72. The van der Waals surface area contributed by atoms with Gasteiger partial charge >= 0.3 is 0 Å². The third kappa shape index (κ3) is 2.36. The fourth-order valence-electron chi connectivity index (χ4n) is 1.86. The van der Waals surface area contributed by atoms with E-state index in [0.717, 1.165) is 17.7 Å². The highest BCUT2D eigenvalue weighted by Gasteiger charge is 2.18. The fourth-order valence-corrected chi connectivity index (χ4v) is 2.10. The Morgan fingerprint density at radius 3 is 2.89 bits per heavy atom. The molecule has 6 nitrogen and oxygen atoms in total. The maximum absolute atomic E-state index is 6.15. The molecule has 3 heterocycles. The molecule has 1 aliphatic rings. The Bertz CT molecular complexity index is 603. The number of rotatable bonds is 2. The SMILES string of the molecule is COc1ccc(-c2nc(Cl)c3c(n2)CCOC3)nn1. The normalized spacial score (nSPS) is 14.0. The number of methoxy groups -OCH3 is 1. The van der Waals surface area contributed by atoms with E-state index >= 15 is 0 Å². The molecule has 2 aromatic rings. The van der Waals surface area contributed by atoms with Crippen molar-refractivity contribution >= 4 is 11.6 Å². The predicted octanol–water partition coefficient (Wildman–Crippen LogP) is 1.67. The Morgan fingerprint density at radius 1 is 1.26 bits per heavy atom. The zero-order chi connectivity index (χ0) is 13.2. The third-order valence-corrected chi connectivity index (χ3v) is 3.16. The summed E-state index contributed by atoms with van der Waals surface area (Å²) in [6, 6.07) is 3.46. The van der Waals surface area contributed by atoms with Gasteiger partial charge in [-0.2, -0.15) is 0 Å². The lowest BCUT2D eigenvalue weighted by Gasteiger charge is -2.16. The van der Waals surface area contributed by atoms with Gasteiger partial charge in [-0.1, -0.05) is 11.6 Å². The first-order valence-electron chi connectivity index (χ1n) is 5.79. The minimum absolute atomic E-state index is 0.414. The largest absolute Gasteiger partial charge is 0.480 e. The van der Waals surface area contributed by atoms with Crippen molar-refractivity contribution < 1.29 is 9.47 Å². The zero-order valence-electron chi connectivity index (χ0n) is 10.3. The van der Waals surface area contributed by atoms with Crippen LogP contribution in [0.5, 0.6) is 5.88 Å². The molecule has 0 aliphatic carbocycles. The van der Waals surface area contributed by atoms with Gasteiger partial charge in [0.1, 0.15) is 10.8 Å². The molecule has 0 fully saturated rings. The number of hydrogen-bond acceptors (Lipinski definition) is 6. The number of aromatic nitrogens is 4. The minimum Gasteiger partial charge on any atom is -0.480 e. The van der Waals surface area contributed by atoms with E-state index in [4.69, 9.17) is 21.1 Å². The van der Waals surface area contributed by atoms with Gasteiger partial charge in [0.05, 0.1) is 26.0 Å². The molecule has 0 saturated carbocycles. The van der Waals surface area contributed by atoms with Crippen LogP contribution in [0.3, 0.4) is 0 Å². The molecule has 0 unspecified atom stereocenters. The van der Waals surface area contributed by atoms with Crippen LogP contribution < -0.4 is 4.74 Å². The van der Waals surface area contributed by atoms with E-state index in [0.29, 0.717) is 35.8 Å². The average Bonchev–Trinajstić information content (AvgIpc) is 2.47. The summed E-state index contributed by atoms with van der Waals surface area (Å²) in [7, 11) is 1.54. The second-order valence-corrected chi connectivity index (χ2v) is 4.38. The van der Waals surface area contributed by atoms with Crippen molar-refractivity contribution in [3.63, 3.8) is 0 Å². The van der Waals surface area contributed by atoms with Crippen molar-refractivity contribution in [1.82, 2.24) is 20.2 Å². The van der Waals surface area contributed by atoms with Crippen molar-refractivity contribution in [2.75, 3.05) is 13.7 Å². The van der Waals surface area contributed by atoms with Gasteiger partial charge in [-0.3, -0.25) is 0 Å². The molecule has 0 saturated heterocycles. The summed E-state index contributed by atoms with van der Waals surface area (Å²) in [6.45, 7) is 1.11. The van der Waals surface area contributed by atoms with Crippen molar-refractivity contribution in [2.45, 2.75) is 13.0 Å². The first-order chi connectivity index (χ1) is 9.28. The lowest BCUT2D eigenvalue weighted by Crippen LogP contribution is -2.14. The highest BCUT2D eigenvalue weighted by molar-refractivity contribution is 6.30. The zero-order valence-corrected chi connectivity index (χ0v) is 11.0. The minimum atomic E-state index is 0.414. The Balaban J connectivity index is 2.02. The average molecular weight is 279 g/mol. The second-order valence-electron chi connectivity index (χ2n) is 4.03. The summed E-state index contributed by atoms with van der Waals surface area (Å²) < 4.78 is 10.3. The molecule has 0 bridgehead atoms. The summed E-state index contributed by atoms with van der Waals surface area (Å²) in [5, 5.41) is 8.33. The first-order valence-corrected chi connectivity index (χ1v) is 6.17. The molecule has 0 amide bonds. The van der Waals surface area contributed by atoms with Crippen LogP contribution in [0.15, 0.2) is 12.1 Å². The number of fused-ring (bicyclic) bond motifs is 1. The predicted molar refractivity (Wildman–Crippen MR) is 68.0 cm³/mol. The van der Waals surface area contributed by atoms with E-state index in [1.165, 1.54) is 7.11 Å². The number of ether oxygens (including phenoxy) is 2. The highest BCUT2D eigenvalue weighted by atomic mass is 35.5. The van der Waals surface area contributed by atoms with E-state index in [-0.39, 0.29) is 0 Å². The molecular weight excluding hydrogens is 268 g/mol. The standard InChI is InChI=1S/C12H11ClN4O2/c1-18-10-3-2-9(16-17-10)12-14-8-4-5-19-6-7(8)11(13)15-12/h2-3H,4-6H2,1H3. The Kier molecular flexibility index (Phi) is 3.27. The Morgan fingerprint density at radius 2 is 2.16 bits per heavy atom. The summed E-state index contributed by atoms with van der Waals surface area (Å²) in [5.41, 5.74) is 2.34. The quantitative estimate of drug-likeness (QED) is 0.778. The van der Waals surface area contributed by atoms with Gasteiger partial charge in [0.25, 0.3) is 0 Å². The summed E-state index contributed by atoms with van der Waals surface area (Å²) >= 11 is 6.15. The van der Waals surface area contributed by atoms with E-state index < -0.39 is 0 Å². The van der Waals surface area contributed by atoms with Gasteiger partial charge in [0.2, 0.25) is 5.88 Å². The Labute approximate surface area is 114 Å².